The lowest BCUT2D eigenvalue weighted by Gasteiger charge is -2.41. The summed E-state index contributed by atoms with van der Waals surface area (Å²) in [6.07, 6.45) is 1.02. The van der Waals surface area contributed by atoms with Gasteiger partial charge in [-0.3, -0.25) is 4.98 Å². The largest absolute Gasteiger partial charge is 0.444 e. The molecule has 1 aliphatic rings. The predicted molar refractivity (Wildman–Crippen MR) is 141 cm³/mol. The molecule has 3 aromatic heterocycles. The van der Waals surface area contributed by atoms with Crippen LogP contribution in [0, 0.1) is 12.7 Å². The summed E-state index contributed by atoms with van der Waals surface area (Å²) in [6.45, 7) is 12.5. The first-order chi connectivity index (χ1) is 17.6. The summed E-state index contributed by atoms with van der Waals surface area (Å²) in [5.41, 5.74) is -2.52. The van der Waals surface area contributed by atoms with Gasteiger partial charge in [-0.05, 0) is 66.2 Å². The number of piperazine rings is 1. The van der Waals surface area contributed by atoms with E-state index in [0.717, 1.165) is 4.57 Å². The van der Waals surface area contributed by atoms with Crippen molar-refractivity contribution in [3.05, 3.63) is 51.0 Å². The Labute approximate surface area is 224 Å². The van der Waals surface area contributed by atoms with Crippen LogP contribution in [0.5, 0.6) is 0 Å². The summed E-state index contributed by atoms with van der Waals surface area (Å²) in [5.74, 6) is -0.593. The van der Waals surface area contributed by atoms with Gasteiger partial charge >= 0.3 is 11.8 Å². The average Bonchev–Trinajstić information content (AvgIpc) is 2.78. The van der Waals surface area contributed by atoms with Gasteiger partial charge in [-0.25, -0.2) is 27.9 Å². The van der Waals surface area contributed by atoms with Gasteiger partial charge in [0.15, 0.2) is 16.6 Å². The molecule has 9 nitrogen and oxygen atoms in total. The Bertz CT molecular complexity index is 1460. The van der Waals surface area contributed by atoms with Gasteiger partial charge < -0.3 is 14.5 Å². The number of carbonyl (C=O) groups excluding carboxylic acids is 1. The van der Waals surface area contributed by atoms with Crippen LogP contribution in [0.4, 0.5) is 19.4 Å². The molecule has 0 N–H and O–H groups in total. The van der Waals surface area contributed by atoms with E-state index in [2.05, 4.69) is 15.0 Å². The standard InChI is InChI=1S/C26H31ClF2N6O3/c1-14-8-9-30-19(26(6,7)29)18(14)35-22-16(12-17(28)20(27)31-22)21(32-23(35)36)34-11-10-33(13-15(34)2)24(37)38-25(3,4)5/h8-9,12,15H,10-11,13H2,1-7H3. The number of hydrogen-bond donors (Lipinski definition) is 0. The zero-order valence-electron chi connectivity index (χ0n) is 22.5. The van der Waals surface area contributed by atoms with E-state index >= 15 is 4.39 Å². The van der Waals surface area contributed by atoms with Gasteiger partial charge in [-0.2, -0.15) is 4.98 Å². The van der Waals surface area contributed by atoms with Crippen LogP contribution in [0.25, 0.3) is 16.7 Å². The van der Waals surface area contributed by atoms with E-state index in [9.17, 15) is 14.0 Å². The summed E-state index contributed by atoms with van der Waals surface area (Å²) in [6, 6.07) is 2.52. The number of anilines is 1. The number of fused-ring (bicyclic) bond motifs is 1. The van der Waals surface area contributed by atoms with Crippen LogP contribution in [0.1, 0.15) is 52.8 Å². The fourth-order valence-electron chi connectivity index (χ4n) is 4.54. The number of rotatable bonds is 3. The third-order valence-electron chi connectivity index (χ3n) is 6.22. The first-order valence-electron chi connectivity index (χ1n) is 12.3. The molecule has 0 saturated carbocycles. The predicted octanol–water partition coefficient (Wildman–Crippen LogP) is 4.93. The Morgan fingerprint density at radius 3 is 2.47 bits per heavy atom. The quantitative estimate of drug-likeness (QED) is 0.428. The van der Waals surface area contributed by atoms with Crippen molar-refractivity contribution in [3.8, 4) is 5.69 Å². The van der Waals surface area contributed by atoms with Crippen LogP contribution in [0.3, 0.4) is 0 Å². The van der Waals surface area contributed by atoms with E-state index in [1.54, 1.807) is 38.7 Å². The van der Waals surface area contributed by atoms with Crippen molar-refractivity contribution in [2.24, 2.45) is 0 Å². The average molecular weight is 549 g/mol. The maximum Gasteiger partial charge on any atom is 0.410 e. The molecule has 0 bridgehead atoms. The van der Waals surface area contributed by atoms with Crippen molar-refractivity contribution < 1.29 is 18.3 Å². The summed E-state index contributed by atoms with van der Waals surface area (Å²) in [4.78, 5) is 42.3. The lowest BCUT2D eigenvalue weighted by Crippen LogP contribution is -2.55. The highest BCUT2D eigenvalue weighted by Crippen LogP contribution is 2.34. The highest BCUT2D eigenvalue weighted by Gasteiger charge is 2.33. The molecule has 4 heterocycles. The van der Waals surface area contributed by atoms with Crippen molar-refractivity contribution in [1.29, 1.82) is 0 Å². The number of pyridine rings is 2. The normalized spacial score (nSPS) is 16.7. The van der Waals surface area contributed by atoms with Crippen molar-refractivity contribution in [3.63, 3.8) is 0 Å². The Morgan fingerprint density at radius 1 is 1.18 bits per heavy atom. The number of nitrogens with zero attached hydrogens (tertiary/aromatic N) is 6. The minimum absolute atomic E-state index is 0.0111. The van der Waals surface area contributed by atoms with Crippen LogP contribution in [0.15, 0.2) is 23.1 Å². The minimum Gasteiger partial charge on any atom is -0.444 e. The molecule has 1 aliphatic heterocycles. The second kappa shape index (κ2) is 9.76. The van der Waals surface area contributed by atoms with E-state index in [1.807, 2.05) is 11.8 Å². The third-order valence-corrected chi connectivity index (χ3v) is 6.49. The van der Waals surface area contributed by atoms with Crippen LogP contribution < -0.4 is 10.6 Å². The fourth-order valence-corrected chi connectivity index (χ4v) is 4.67. The van der Waals surface area contributed by atoms with Gasteiger partial charge in [0, 0.05) is 31.9 Å². The van der Waals surface area contributed by atoms with Gasteiger partial charge in [0.25, 0.3) is 0 Å². The number of ether oxygens (including phenoxy) is 1. The highest BCUT2D eigenvalue weighted by molar-refractivity contribution is 6.30. The Balaban J connectivity index is 1.87. The first kappa shape index (κ1) is 27.7. The molecule has 1 fully saturated rings. The van der Waals surface area contributed by atoms with Gasteiger partial charge in [0.05, 0.1) is 11.1 Å². The Morgan fingerprint density at radius 2 is 1.87 bits per heavy atom. The topological polar surface area (TPSA) is 93.5 Å². The molecule has 3 aromatic rings. The fraction of sp³-hybridized carbons (Fsp3) is 0.500. The molecule has 1 unspecified atom stereocenters. The van der Waals surface area contributed by atoms with E-state index < -0.39 is 34.0 Å². The molecule has 1 atom stereocenters. The zero-order chi connectivity index (χ0) is 28.2. The summed E-state index contributed by atoms with van der Waals surface area (Å²) >= 11 is 6.06. The molecule has 38 heavy (non-hydrogen) atoms. The summed E-state index contributed by atoms with van der Waals surface area (Å²) < 4.78 is 36.5. The van der Waals surface area contributed by atoms with Gasteiger partial charge in [-0.1, -0.05) is 11.6 Å². The van der Waals surface area contributed by atoms with E-state index in [1.165, 1.54) is 26.1 Å². The number of hydrogen-bond acceptors (Lipinski definition) is 7. The van der Waals surface area contributed by atoms with Crippen molar-refractivity contribution >= 4 is 34.5 Å². The molecule has 0 aromatic carbocycles. The van der Waals surface area contributed by atoms with Crippen LogP contribution >= 0.6 is 11.6 Å². The number of carbonyl (C=O) groups is 1. The number of aromatic nitrogens is 4. The Kier molecular flexibility index (Phi) is 7.11. The van der Waals surface area contributed by atoms with Crippen molar-refractivity contribution in [1.82, 2.24) is 24.4 Å². The maximum atomic E-state index is 15.2. The summed E-state index contributed by atoms with van der Waals surface area (Å²) in [7, 11) is 0. The molecular weight excluding hydrogens is 518 g/mol. The van der Waals surface area contributed by atoms with Gasteiger partial charge in [0.1, 0.15) is 22.8 Å². The number of aryl methyl sites for hydroxylation is 1. The molecular formula is C26H31ClF2N6O3. The lowest BCUT2D eigenvalue weighted by molar-refractivity contribution is 0.0218. The number of alkyl halides is 1. The van der Waals surface area contributed by atoms with E-state index in [4.69, 9.17) is 16.3 Å². The maximum absolute atomic E-state index is 15.2. The van der Waals surface area contributed by atoms with Crippen LogP contribution in [-0.2, 0) is 10.4 Å². The van der Waals surface area contributed by atoms with Gasteiger partial charge in [-0.15, -0.1) is 0 Å². The molecule has 1 amide bonds. The molecule has 0 radical (unpaired) electrons. The lowest BCUT2D eigenvalue weighted by atomic mass is 10.0. The number of amides is 1. The second-order valence-electron chi connectivity index (χ2n) is 11.0. The molecule has 4 rings (SSSR count). The minimum atomic E-state index is -1.90. The van der Waals surface area contributed by atoms with E-state index in [0.29, 0.717) is 25.2 Å². The van der Waals surface area contributed by atoms with Crippen LogP contribution in [0.2, 0.25) is 5.15 Å². The van der Waals surface area contributed by atoms with Crippen LogP contribution in [-0.4, -0.2) is 61.8 Å². The molecule has 0 aliphatic carbocycles. The monoisotopic (exact) mass is 548 g/mol. The van der Waals surface area contributed by atoms with E-state index in [-0.39, 0.29) is 34.3 Å². The number of halogens is 3. The summed E-state index contributed by atoms with van der Waals surface area (Å²) in [5, 5.41) is -0.219. The van der Waals surface area contributed by atoms with Gasteiger partial charge in [0.2, 0.25) is 0 Å². The molecule has 204 valence electrons. The third kappa shape index (κ3) is 5.29. The molecule has 12 heteroatoms. The highest BCUT2D eigenvalue weighted by atomic mass is 35.5. The van der Waals surface area contributed by atoms with Crippen molar-refractivity contribution in [2.45, 2.75) is 65.8 Å². The second-order valence-corrected chi connectivity index (χ2v) is 11.3. The SMILES string of the molecule is Cc1ccnc(C(C)(C)F)c1-n1c(=O)nc(N2CCN(C(=O)OC(C)(C)C)CC2C)c2cc(F)c(Cl)nc21. The van der Waals surface area contributed by atoms with Crippen molar-refractivity contribution in [2.75, 3.05) is 24.5 Å². The molecule has 1 saturated heterocycles. The Hall–Kier alpha value is -3.34. The zero-order valence-corrected chi connectivity index (χ0v) is 23.2. The smallest absolute Gasteiger partial charge is 0.410 e. The molecule has 0 spiro atoms. The first-order valence-corrected chi connectivity index (χ1v) is 12.6.